The van der Waals surface area contributed by atoms with Crippen molar-refractivity contribution in [2.24, 2.45) is 0 Å². The Morgan fingerprint density at radius 3 is 2.69 bits per heavy atom. The van der Waals surface area contributed by atoms with Crippen molar-refractivity contribution >= 4 is 17.5 Å². The molecular formula is C12H16ClNO2. The van der Waals surface area contributed by atoms with Crippen molar-refractivity contribution in [1.82, 2.24) is 5.32 Å². The molecule has 88 valence electrons. The Morgan fingerprint density at radius 1 is 1.50 bits per heavy atom. The maximum Gasteiger partial charge on any atom is 0.287 e. The van der Waals surface area contributed by atoms with Gasteiger partial charge >= 0.3 is 0 Å². The van der Waals surface area contributed by atoms with Crippen LogP contribution in [-0.4, -0.2) is 17.3 Å². The zero-order valence-corrected chi connectivity index (χ0v) is 10.1. The standard InChI is InChI=1S/C12H16ClNO2/c1-9-4-5-10(16-9)11(15)14-12(8-13)6-2-3-7-12/h4-5H,2-3,6-8H2,1H3,(H,14,15). The Labute approximate surface area is 100 Å². The van der Waals surface area contributed by atoms with Gasteiger partial charge in [-0.25, -0.2) is 0 Å². The summed E-state index contributed by atoms with van der Waals surface area (Å²) in [7, 11) is 0. The van der Waals surface area contributed by atoms with Crippen LogP contribution in [0.5, 0.6) is 0 Å². The Balaban J connectivity index is 2.06. The van der Waals surface area contributed by atoms with Gasteiger partial charge in [-0.1, -0.05) is 12.8 Å². The molecule has 1 fully saturated rings. The Hall–Kier alpha value is -0.960. The van der Waals surface area contributed by atoms with Gasteiger partial charge in [-0.15, -0.1) is 11.6 Å². The lowest BCUT2D eigenvalue weighted by molar-refractivity contribution is 0.0879. The van der Waals surface area contributed by atoms with Crippen molar-refractivity contribution in [3.8, 4) is 0 Å². The topological polar surface area (TPSA) is 42.2 Å². The van der Waals surface area contributed by atoms with E-state index in [1.165, 1.54) is 0 Å². The molecule has 0 aliphatic heterocycles. The molecule has 0 saturated heterocycles. The van der Waals surface area contributed by atoms with Crippen LogP contribution in [0.1, 0.15) is 42.0 Å². The van der Waals surface area contributed by atoms with Crippen LogP contribution in [0, 0.1) is 6.92 Å². The fourth-order valence-corrected chi connectivity index (χ4v) is 2.54. The Kier molecular flexibility index (Phi) is 3.24. The zero-order chi connectivity index (χ0) is 11.6. The van der Waals surface area contributed by atoms with E-state index in [1.807, 2.05) is 6.92 Å². The second kappa shape index (κ2) is 4.50. The predicted octanol–water partition coefficient (Wildman–Crippen LogP) is 2.87. The minimum atomic E-state index is -0.223. The van der Waals surface area contributed by atoms with Gasteiger partial charge in [0.2, 0.25) is 0 Å². The lowest BCUT2D eigenvalue weighted by atomic mass is 10.0. The second-order valence-electron chi connectivity index (χ2n) is 4.49. The summed E-state index contributed by atoms with van der Waals surface area (Å²) < 4.78 is 5.29. The summed E-state index contributed by atoms with van der Waals surface area (Å²) in [4.78, 5) is 11.9. The van der Waals surface area contributed by atoms with Gasteiger partial charge < -0.3 is 9.73 Å². The molecule has 1 aliphatic rings. The van der Waals surface area contributed by atoms with E-state index in [1.54, 1.807) is 12.1 Å². The van der Waals surface area contributed by atoms with Crippen molar-refractivity contribution in [2.45, 2.75) is 38.1 Å². The molecule has 1 heterocycles. The van der Waals surface area contributed by atoms with Gasteiger partial charge in [-0.05, 0) is 31.9 Å². The van der Waals surface area contributed by atoms with Crippen LogP contribution >= 0.6 is 11.6 Å². The average Bonchev–Trinajstić information content (AvgIpc) is 2.88. The lowest BCUT2D eigenvalue weighted by Crippen LogP contribution is -2.47. The summed E-state index contributed by atoms with van der Waals surface area (Å²) >= 11 is 5.96. The van der Waals surface area contributed by atoms with E-state index in [0.29, 0.717) is 11.6 Å². The number of carbonyl (C=O) groups is 1. The van der Waals surface area contributed by atoms with E-state index in [4.69, 9.17) is 16.0 Å². The molecule has 1 aromatic rings. The van der Waals surface area contributed by atoms with Crippen molar-refractivity contribution in [3.05, 3.63) is 23.7 Å². The van der Waals surface area contributed by atoms with Gasteiger partial charge in [0.1, 0.15) is 5.76 Å². The van der Waals surface area contributed by atoms with Crippen LogP contribution in [-0.2, 0) is 0 Å². The minimum absolute atomic E-state index is 0.157. The molecule has 1 aromatic heterocycles. The zero-order valence-electron chi connectivity index (χ0n) is 9.38. The first-order valence-electron chi connectivity index (χ1n) is 5.60. The first kappa shape index (κ1) is 11.5. The van der Waals surface area contributed by atoms with E-state index in [0.717, 1.165) is 31.4 Å². The normalized spacial score (nSPS) is 18.6. The Bertz CT molecular complexity index is 380. The predicted molar refractivity (Wildman–Crippen MR) is 62.8 cm³/mol. The molecule has 0 unspecified atom stereocenters. The third kappa shape index (κ3) is 2.24. The molecule has 0 bridgehead atoms. The highest BCUT2D eigenvalue weighted by atomic mass is 35.5. The molecule has 16 heavy (non-hydrogen) atoms. The van der Waals surface area contributed by atoms with Gasteiger partial charge in [0.15, 0.2) is 5.76 Å². The van der Waals surface area contributed by atoms with Crippen LogP contribution in [0.4, 0.5) is 0 Å². The number of furan rings is 1. The van der Waals surface area contributed by atoms with Gasteiger partial charge in [0, 0.05) is 5.88 Å². The number of alkyl halides is 1. The van der Waals surface area contributed by atoms with E-state index in [2.05, 4.69) is 5.32 Å². The first-order chi connectivity index (χ1) is 7.65. The van der Waals surface area contributed by atoms with Gasteiger partial charge in [-0.3, -0.25) is 4.79 Å². The monoisotopic (exact) mass is 241 g/mol. The number of hydrogen-bond donors (Lipinski definition) is 1. The molecule has 4 heteroatoms. The number of hydrogen-bond acceptors (Lipinski definition) is 2. The highest BCUT2D eigenvalue weighted by Crippen LogP contribution is 2.31. The largest absolute Gasteiger partial charge is 0.456 e. The Morgan fingerprint density at radius 2 is 2.19 bits per heavy atom. The third-order valence-corrected chi connectivity index (χ3v) is 3.67. The summed E-state index contributed by atoms with van der Waals surface area (Å²) in [5.41, 5.74) is -0.223. The highest BCUT2D eigenvalue weighted by Gasteiger charge is 2.35. The molecule has 0 aromatic carbocycles. The van der Waals surface area contributed by atoms with Crippen molar-refractivity contribution in [1.29, 1.82) is 0 Å². The fraction of sp³-hybridized carbons (Fsp3) is 0.583. The molecule has 1 amide bonds. The molecule has 0 atom stereocenters. The van der Waals surface area contributed by atoms with Gasteiger partial charge in [-0.2, -0.15) is 0 Å². The minimum Gasteiger partial charge on any atom is -0.456 e. The number of nitrogens with one attached hydrogen (secondary N) is 1. The molecule has 0 spiro atoms. The quantitative estimate of drug-likeness (QED) is 0.827. The molecule has 1 saturated carbocycles. The maximum absolute atomic E-state index is 11.9. The third-order valence-electron chi connectivity index (χ3n) is 3.16. The summed E-state index contributed by atoms with van der Waals surface area (Å²) in [5.74, 6) is 1.43. The highest BCUT2D eigenvalue weighted by molar-refractivity contribution is 6.19. The number of carbonyl (C=O) groups excluding carboxylic acids is 1. The number of amides is 1. The smallest absolute Gasteiger partial charge is 0.287 e. The SMILES string of the molecule is Cc1ccc(C(=O)NC2(CCl)CCCC2)o1. The van der Waals surface area contributed by atoms with Crippen molar-refractivity contribution in [3.63, 3.8) is 0 Å². The van der Waals surface area contributed by atoms with Crippen LogP contribution in [0.2, 0.25) is 0 Å². The number of aryl methyl sites for hydroxylation is 1. The van der Waals surface area contributed by atoms with Gasteiger partial charge in [0.05, 0.1) is 5.54 Å². The van der Waals surface area contributed by atoms with Crippen LogP contribution < -0.4 is 5.32 Å². The second-order valence-corrected chi connectivity index (χ2v) is 4.75. The van der Waals surface area contributed by atoms with E-state index in [9.17, 15) is 4.79 Å². The molecule has 2 rings (SSSR count). The first-order valence-corrected chi connectivity index (χ1v) is 6.14. The van der Waals surface area contributed by atoms with E-state index < -0.39 is 0 Å². The summed E-state index contributed by atoms with van der Waals surface area (Å²) in [6.07, 6.45) is 4.18. The average molecular weight is 242 g/mol. The van der Waals surface area contributed by atoms with Crippen LogP contribution in [0.3, 0.4) is 0 Å². The maximum atomic E-state index is 11.9. The summed E-state index contributed by atoms with van der Waals surface area (Å²) in [6.45, 7) is 1.82. The molecule has 1 aliphatic carbocycles. The fourth-order valence-electron chi connectivity index (χ4n) is 2.20. The van der Waals surface area contributed by atoms with E-state index >= 15 is 0 Å². The summed E-state index contributed by atoms with van der Waals surface area (Å²) in [6, 6.07) is 3.48. The number of halogens is 1. The van der Waals surface area contributed by atoms with Crippen LogP contribution in [0.25, 0.3) is 0 Å². The van der Waals surface area contributed by atoms with Crippen molar-refractivity contribution in [2.75, 3.05) is 5.88 Å². The van der Waals surface area contributed by atoms with E-state index in [-0.39, 0.29) is 11.4 Å². The molecular weight excluding hydrogens is 226 g/mol. The van der Waals surface area contributed by atoms with Gasteiger partial charge in [0.25, 0.3) is 5.91 Å². The van der Waals surface area contributed by atoms with Crippen molar-refractivity contribution < 1.29 is 9.21 Å². The lowest BCUT2D eigenvalue weighted by Gasteiger charge is -2.27. The number of rotatable bonds is 3. The van der Waals surface area contributed by atoms with Crippen LogP contribution in [0.15, 0.2) is 16.5 Å². The molecule has 1 N–H and O–H groups in total. The molecule has 3 nitrogen and oxygen atoms in total. The molecule has 0 radical (unpaired) electrons. The summed E-state index contributed by atoms with van der Waals surface area (Å²) in [5, 5.41) is 3.01.